The quantitative estimate of drug-likeness (QED) is 0.820. The van der Waals surface area contributed by atoms with Crippen molar-refractivity contribution in [1.29, 1.82) is 0 Å². The predicted octanol–water partition coefficient (Wildman–Crippen LogP) is 2.75. The standard InChI is InChI=1S/C12H16BrNO2S/c1-16-12(15)6-7-17-11(8-14)9-2-4-10(13)5-3-9/h2-5,11H,6-8,14H2,1H3. The zero-order valence-corrected chi connectivity index (χ0v) is 12.1. The van der Waals surface area contributed by atoms with Gasteiger partial charge in [0.25, 0.3) is 0 Å². The highest BCUT2D eigenvalue weighted by Gasteiger charge is 2.11. The molecule has 0 aliphatic rings. The Morgan fingerprint density at radius 1 is 1.47 bits per heavy atom. The third-order valence-corrected chi connectivity index (χ3v) is 4.14. The molecule has 0 aliphatic carbocycles. The Labute approximate surface area is 114 Å². The van der Waals surface area contributed by atoms with Crippen LogP contribution in [0.15, 0.2) is 28.7 Å². The van der Waals surface area contributed by atoms with Crippen LogP contribution in [0.3, 0.4) is 0 Å². The maximum atomic E-state index is 11.0. The van der Waals surface area contributed by atoms with Crippen molar-refractivity contribution in [2.75, 3.05) is 19.4 Å². The molecular weight excluding hydrogens is 302 g/mol. The molecule has 0 amide bonds. The van der Waals surface area contributed by atoms with Gasteiger partial charge in [-0.15, -0.1) is 0 Å². The second kappa shape index (κ2) is 7.74. The maximum Gasteiger partial charge on any atom is 0.306 e. The van der Waals surface area contributed by atoms with Crippen LogP contribution in [0.1, 0.15) is 17.2 Å². The number of halogens is 1. The second-order valence-corrected chi connectivity index (χ2v) is 5.70. The van der Waals surface area contributed by atoms with Crippen molar-refractivity contribution in [3.63, 3.8) is 0 Å². The van der Waals surface area contributed by atoms with E-state index in [0.717, 1.165) is 10.2 Å². The van der Waals surface area contributed by atoms with Gasteiger partial charge in [0.2, 0.25) is 0 Å². The molecule has 1 unspecified atom stereocenters. The zero-order chi connectivity index (χ0) is 12.7. The lowest BCUT2D eigenvalue weighted by atomic mass is 10.1. The van der Waals surface area contributed by atoms with E-state index in [0.29, 0.717) is 13.0 Å². The first kappa shape index (κ1) is 14.5. The van der Waals surface area contributed by atoms with E-state index in [1.165, 1.54) is 12.7 Å². The number of rotatable bonds is 6. The number of methoxy groups -OCH3 is 1. The molecule has 0 radical (unpaired) electrons. The second-order valence-electron chi connectivity index (χ2n) is 3.47. The Morgan fingerprint density at radius 2 is 2.12 bits per heavy atom. The summed E-state index contributed by atoms with van der Waals surface area (Å²) in [6.45, 7) is 0.563. The van der Waals surface area contributed by atoms with Crippen LogP contribution >= 0.6 is 27.7 Å². The number of carbonyl (C=O) groups is 1. The first-order valence-electron chi connectivity index (χ1n) is 5.31. The first-order valence-corrected chi connectivity index (χ1v) is 7.15. The van der Waals surface area contributed by atoms with E-state index in [9.17, 15) is 4.79 Å². The van der Waals surface area contributed by atoms with Crippen LogP contribution in [0.2, 0.25) is 0 Å². The van der Waals surface area contributed by atoms with Gasteiger partial charge in [-0.2, -0.15) is 11.8 Å². The minimum absolute atomic E-state index is 0.177. The molecule has 0 saturated carbocycles. The van der Waals surface area contributed by atoms with Crippen LogP contribution in [0.5, 0.6) is 0 Å². The van der Waals surface area contributed by atoms with Crippen molar-refractivity contribution in [3.8, 4) is 0 Å². The van der Waals surface area contributed by atoms with E-state index in [1.807, 2.05) is 24.3 Å². The van der Waals surface area contributed by atoms with Gasteiger partial charge in [-0.3, -0.25) is 4.79 Å². The summed E-state index contributed by atoms with van der Waals surface area (Å²) in [6.07, 6.45) is 0.425. The summed E-state index contributed by atoms with van der Waals surface area (Å²) in [5, 5.41) is 0.229. The van der Waals surface area contributed by atoms with Gasteiger partial charge in [-0.25, -0.2) is 0 Å². The highest BCUT2D eigenvalue weighted by molar-refractivity contribution is 9.10. The molecular formula is C12H16BrNO2S. The van der Waals surface area contributed by atoms with Gasteiger partial charge in [-0.1, -0.05) is 28.1 Å². The summed E-state index contributed by atoms with van der Waals surface area (Å²) in [4.78, 5) is 11.0. The molecule has 2 N–H and O–H groups in total. The molecule has 1 rings (SSSR count). The Kier molecular flexibility index (Phi) is 6.62. The number of hydrogen-bond donors (Lipinski definition) is 1. The monoisotopic (exact) mass is 317 g/mol. The van der Waals surface area contributed by atoms with Crippen molar-refractivity contribution < 1.29 is 9.53 Å². The summed E-state index contributed by atoms with van der Waals surface area (Å²) in [5.74, 6) is 0.550. The summed E-state index contributed by atoms with van der Waals surface area (Å²) < 4.78 is 5.65. The molecule has 3 nitrogen and oxygen atoms in total. The summed E-state index contributed by atoms with van der Waals surface area (Å²) >= 11 is 5.08. The Balaban J connectivity index is 2.48. The van der Waals surface area contributed by atoms with Gasteiger partial charge in [0, 0.05) is 22.0 Å². The fourth-order valence-corrected chi connectivity index (χ4v) is 2.68. The number of benzene rings is 1. The average Bonchev–Trinajstić information content (AvgIpc) is 2.35. The molecule has 0 fully saturated rings. The Morgan fingerprint density at radius 3 is 2.65 bits per heavy atom. The van der Waals surface area contributed by atoms with Crippen LogP contribution in [-0.2, 0) is 9.53 Å². The zero-order valence-electron chi connectivity index (χ0n) is 9.69. The smallest absolute Gasteiger partial charge is 0.306 e. The molecule has 17 heavy (non-hydrogen) atoms. The molecule has 0 spiro atoms. The summed E-state index contributed by atoms with van der Waals surface area (Å²) in [5.41, 5.74) is 6.93. The molecule has 1 atom stereocenters. The van der Waals surface area contributed by atoms with E-state index in [2.05, 4.69) is 20.7 Å². The lowest BCUT2D eigenvalue weighted by molar-refractivity contribution is -0.140. The van der Waals surface area contributed by atoms with Gasteiger partial charge in [-0.05, 0) is 17.7 Å². The number of carbonyl (C=O) groups excluding carboxylic acids is 1. The lowest BCUT2D eigenvalue weighted by Crippen LogP contribution is -2.11. The highest BCUT2D eigenvalue weighted by Crippen LogP contribution is 2.29. The molecule has 0 saturated heterocycles. The summed E-state index contributed by atoms with van der Waals surface area (Å²) in [7, 11) is 1.40. The van der Waals surface area contributed by atoms with E-state index < -0.39 is 0 Å². The fraction of sp³-hybridized carbons (Fsp3) is 0.417. The van der Waals surface area contributed by atoms with Gasteiger partial charge in [0.05, 0.1) is 13.5 Å². The number of esters is 1. The van der Waals surface area contributed by atoms with Crippen LogP contribution < -0.4 is 5.73 Å². The number of hydrogen-bond acceptors (Lipinski definition) is 4. The van der Waals surface area contributed by atoms with E-state index >= 15 is 0 Å². The lowest BCUT2D eigenvalue weighted by Gasteiger charge is -2.14. The van der Waals surface area contributed by atoms with Crippen molar-refractivity contribution >= 4 is 33.7 Å². The largest absolute Gasteiger partial charge is 0.469 e. The van der Waals surface area contributed by atoms with Crippen LogP contribution in [0.25, 0.3) is 0 Å². The number of thioether (sulfide) groups is 1. The number of ether oxygens (including phenoxy) is 1. The Hall–Kier alpha value is -0.520. The van der Waals surface area contributed by atoms with Crippen LogP contribution in [0, 0.1) is 0 Å². The fourth-order valence-electron chi connectivity index (χ4n) is 1.36. The van der Waals surface area contributed by atoms with Crippen molar-refractivity contribution in [2.24, 2.45) is 5.73 Å². The normalized spacial score (nSPS) is 12.2. The minimum atomic E-state index is -0.177. The van der Waals surface area contributed by atoms with Crippen molar-refractivity contribution in [1.82, 2.24) is 0 Å². The van der Waals surface area contributed by atoms with Gasteiger partial charge >= 0.3 is 5.97 Å². The average molecular weight is 318 g/mol. The SMILES string of the molecule is COC(=O)CCSC(CN)c1ccc(Br)cc1. The molecule has 0 aliphatic heterocycles. The first-order chi connectivity index (χ1) is 8.17. The molecule has 0 bridgehead atoms. The van der Waals surface area contributed by atoms with Crippen molar-refractivity contribution in [3.05, 3.63) is 34.3 Å². The topological polar surface area (TPSA) is 52.3 Å². The van der Waals surface area contributed by atoms with E-state index in [-0.39, 0.29) is 11.2 Å². The van der Waals surface area contributed by atoms with E-state index in [1.54, 1.807) is 11.8 Å². The molecule has 94 valence electrons. The van der Waals surface area contributed by atoms with Gasteiger partial charge < -0.3 is 10.5 Å². The molecule has 0 aromatic heterocycles. The maximum absolute atomic E-state index is 11.0. The highest BCUT2D eigenvalue weighted by atomic mass is 79.9. The Bertz CT molecular complexity index is 356. The molecule has 1 aromatic carbocycles. The molecule has 0 heterocycles. The van der Waals surface area contributed by atoms with Crippen LogP contribution in [-0.4, -0.2) is 25.4 Å². The minimum Gasteiger partial charge on any atom is -0.469 e. The third-order valence-electron chi connectivity index (χ3n) is 2.31. The van der Waals surface area contributed by atoms with E-state index in [4.69, 9.17) is 5.73 Å². The third kappa shape index (κ3) is 5.10. The van der Waals surface area contributed by atoms with Crippen LogP contribution in [0.4, 0.5) is 0 Å². The predicted molar refractivity (Wildman–Crippen MR) is 75.0 cm³/mol. The van der Waals surface area contributed by atoms with Gasteiger partial charge in [0.15, 0.2) is 0 Å². The number of nitrogens with two attached hydrogens (primary N) is 1. The summed E-state index contributed by atoms with van der Waals surface area (Å²) in [6, 6.07) is 8.09. The molecule has 5 heteroatoms. The van der Waals surface area contributed by atoms with Gasteiger partial charge in [0.1, 0.15) is 0 Å². The van der Waals surface area contributed by atoms with Crippen molar-refractivity contribution in [2.45, 2.75) is 11.7 Å². The molecule has 1 aromatic rings.